The van der Waals surface area contributed by atoms with E-state index in [1.165, 1.54) is 12.1 Å². The Morgan fingerprint density at radius 1 is 1.10 bits per heavy atom. The number of methoxy groups -OCH3 is 2. The Balaban J connectivity index is 3.33. The first-order chi connectivity index (χ1) is 22.7. The van der Waals surface area contributed by atoms with Gasteiger partial charge in [-0.1, -0.05) is 33.8 Å². The first-order valence-corrected chi connectivity index (χ1v) is 13.0. The summed E-state index contributed by atoms with van der Waals surface area (Å²) in [6, 6.07) is 3.02. The van der Waals surface area contributed by atoms with E-state index in [1.807, 2.05) is 27.7 Å². The van der Waals surface area contributed by atoms with E-state index >= 15 is 0 Å². The van der Waals surface area contributed by atoms with Gasteiger partial charge in [0.05, 0.1) is 38.8 Å². The van der Waals surface area contributed by atoms with Crippen LogP contribution < -0.4 is 26.3 Å². The normalized spacial score (nSPS) is 21.4. The van der Waals surface area contributed by atoms with Crippen LogP contribution in [0.5, 0.6) is 11.5 Å². The summed E-state index contributed by atoms with van der Waals surface area (Å²) in [6.45, 7) is 3.29. The van der Waals surface area contributed by atoms with Gasteiger partial charge in [-0.2, -0.15) is 0 Å². The molecule has 0 heterocycles. The molecule has 0 aliphatic carbocycles. The molecule has 0 saturated carbocycles. The Kier molecular flexibility index (Phi) is 8.41. The van der Waals surface area contributed by atoms with E-state index in [0.717, 1.165) is 6.07 Å². The lowest BCUT2D eigenvalue weighted by molar-refractivity contribution is -0.130. The lowest BCUT2D eigenvalue weighted by Crippen LogP contribution is -2.46. The fourth-order valence-corrected chi connectivity index (χ4v) is 4.01. The van der Waals surface area contributed by atoms with Crippen LogP contribution in [0.15, 0.2) is 18.2 Å². The van der Waals surface area contributed by atoms with Crippen molar-refractivity contribution in [1.82, 2.24) is 5.32 Å². The van der Waals surface area contributed by atoms with Gasteiger partial charge in [-0.25, -0.2) is 0 Å². The number of ether oxygens (including phenoxy) is 3. The zero-order valence-electron chi connectivity index (χ0n) is 35.7. The predicted molar refractivity (Wildman–Crippen MR) is 155 cm³/mol. The second-order valence-corrected chi connectivity index (χ2v) is 11.1. The summed E-state index contributed by atoms with van der Waals surface area (Å²) in [7, 11) is -6.48. The number of rotatable bonds is 19. The number of hydrogen-bond donors (Lipinski definition) is 4. The van der Waals surface area contributed by atoms with Crippen LogP contribution in [0.3, 0.4) is 0 Å². The number of amides is 2. The number of carbonyl (C=O) groups excluding carboxylic acids is 2. The van der Waals surface area contributed by atoms with E-state index in [0.29, 0.717) is 5.56 Å². The molecule has 0 spiro atoms. The molecule has 39 heavy (non-hydrogen) atoms. The molecule has 1 aromatic carbocycles. The molecule has 1 rings (SSSR count). The van der Waals surface area contributed by atoms with E-state index in [-0.39, 0.29) is 49.5 Å². The van der Waals surface area contributed by atoms with Crippen molar-refractivity contribution in [3.05, 3.63) is 23.8 Å². The smallest absolute Gasteiger partial charge is 0.224 e. The zero-order valence-corrected chi connectivity index (χ0v) is 23.7. The zero-order chi connectivity index (χ0) is 40.1. The Hall–Kier alpha value is -2.36. The first-order valence-electron chi connectivity index (χ1n) is 19.0. The summed E-state index contributed by atoms with van der Waals surface area (Å²) in [6.07, 6.45) is -4.36. The summed E-state index contributed by atoms with van der Waals surface area (Å²) in [5, 5.41) is 13.8. The predicted octanol–water partition coefficient (Wildman–Crippen LogP) is 3.29. The highest BCUT2D eigenvalue weighted by molar-refractivity contribution is 5.83. The molecule has 0 bridgehead atoms. The highest BCUT2D eigenvalue weighted by atomic mass is 16.5. The summed E-state index contributed by atoms with van der Waals surface area (Å²) in [5.74, 6) is -3.18. The van der Waals surface area contributed by atoms with Crippen LogP contribution in [0, 0.1) is 29.1 Å². The Morgan fingerprint density at radius 3 is 2.41 bits per heavy atom. The van der Waals surface area contributed by atoms with Crippen molar-refractivity contribution in [2.24, 2.45) is 40.6 Å². The maximum atomic E-state index is 13.0. The average molecular weight is 564 g/mol. The summed E-state index contributed by atoms with van der Waals surface area (Å²) in [5.41, 5.74) is 11.3. The molecule has 9 nitrogen and oxygen atoms in total. The SMILES string of the molecule is [2H]C([2H])([2H])Oc1ccc(C[C@@H](C[C@H](N)[C@@H](O)C[C@H](C(=O)NCC(C)(C)C(N)=O)C(C)C)C(C)C)cc1OC([2H])([2H])C([2H])([2H])C([2H])([2H])OC([2H])([2H])[2H]. The van der Waals surface area contributed by atoms with Gasteiger partial charge < -0.3 is 36.1 Å². The fourth-order valence-electron chi connectivity index (χ4n) is 4.01. The highest BCUT2D eigenvalue weighted by Gasteiger charge is 2.32. The molecular weight excluding hydrogens is 498 g/mol. The minimum absolute atomic E-state index is 0.0130. The molecule has 0 radical (unpaired) electrons. The number of benzene rings is 1. The summed E-state index contributed by atoms with van der Waals surface area (Å²) >= 11 is 0. The van der Waals surface area contributed by atoms with Gasteiger partial charge in [0.1, 0.15) is 0 Å². The Bertz CT molecular complexity index is 1320. The number of primary amides is 1. The molecule has 6 N–H and O–H groups in total. The van der Waals surface area contributed by atoms with Gasteiger partial charge in [0.15, 0.2) is 11.5 Å². The van der Waals surface area contributed by atoms with Crippen LogP contribution in [-0.4, -0.2) is 62.8 Å². The van der Waals surface area contributed by atoms with Gasteiger partial charge in [-0.15, -0.1) is 0 Å². The quantitative estimate of drug-likeness (QED) is 0.202. The third-order valence-corrected chi connectivity index (χ3v) is 6.95. The monoisotopic (exact) mass is 563 g/mol. The number of hydrogen-bond acceptors (Lipinski definition) is 7. The van der Waals surface area contributed by atoms with Crippen molar-refractivity contribution in [2.75, 3.05) is 33.7 Å². The average Bonchev–Trinajstić information content (AvgIpc) is 2.92. The van der Waals surface area contributed by atoms with Crippen LogP contribution in [0.25, 0.3) is 0 Å². The molecule has 9 heteroatoms. The van der Waals surface area contributed by atoms with Crippen molar-refractivity contribution in [1.29, 1.82) is 0 Å². The maximum absolute atomic E-state index is 13.0. The van der Waals surface area contributed by atoms with E-state index in [4.69, 9.17) is 37.4 Å². The molecule has 0 aliphatic rings. The van der Waals surface area contributed by atoms with Crippen molar-refractivity contribution in [2.45, 2.75) is 79.3 Å². The third kappa shape index (κ3) is 11.7. The minimum atomic E-state index is -3.76. The van der Waals surface area contributed by atoms with E-state index in [2.05, 4.69) is 10.1 Å². The van der Waals surface area contributed by atoms with Crippen LogP contribution in [-0.2, 0) is 20.7 Å². The van der Waals surface area contributed by atoms with Crippen LogP contribution in [0.1, 0.15) is 82.8 Å². The number of aliphatic hydroxyl groups excluding tert-OH is 1. The molecule has 0 aliphatic heterocycles. The van der Waals surface area contributed by atoms with E-state index in [1.54, 1.807) is 13.8 Å². The third-order valence-electron chi connectivity index (χ3n) is 6.95. The van der Waals surface area contributed by atoms with Gasteiger partial charge in [-0.3, -0.25) is 9.59 Å². The molecule has 0 unspecified atom stereocenters. The molecule has 4 atom stereocenters. The van der Waals surface area contributed by atoms with Gasteiger partial charge in [0.2, 0.25) is 11.8 Å². The fraction of sp³-hybridized carbons (Fsp3) is 0.733. The molecule has 0 fully saturated rings. The van der Waals surface area contributed by atoms with Crippen molar-refractivity contribution >= 4 is 11.8 Å². The van der Waals surface area contributed by atoms with E-state index < -0.39 is 74.5 Å². The largest absolute Gasteiger partial charge is 0.493 e. The summed E-state index contributed by atoms with van der Waals surface area (Å²) in [4.78, 5) is 24.7. The minimum Gasteiger partial charge on any atom is -0.493 e. The lowest BCUT2D eigenvalue weighted by Gasteiger charge is -2.30. The van der Waals surface area contributed by atoms with Crippen molar-refractivity contribution in [3.63, 3.8) is 0 Å². The van der Waals surface area contributed by atoms with Gasteiger partial charge >= 0.3 is 0 Å². The van der Waals surface area contributed by atoms with Crippen LogP contribution in [0.4, 0.5) is 0 Å². The van der Waals surface area contributed by atoms with Crippen molar-refractivity contribution < 1.29 is 45.4 Å². The Labute approximate surface area is 252 Å². The lowest BCUT2D eigenvalue weighted by atomic mass is 9.80. The number of nitrogens with two attached hydrogens (primary N) is 2. The number of carbonyl (C=O) groups is 2. The topological polar surface area (TPSA) is 146 Å². The number of nitrogens with one attached hydrogen (secondary N) is 1. The van der Waals surface area contributed by atoms with Gasteiger partial charge in [-0.05, 0) is 68.6 Å². The first kappa shape index (κ1) is 19.7. The Morgan fingerprint density at radius 2 is 1.82 bits per heavy atom. The second-order valence-electron chi connectivity index (χ2n) is 11.1. The molecule has 0 aromatic heterocycles. The molecular formula is C30H53N3O6. The maximum Gasteiger partial charge on any atom is 0.224 e. The summed E-state index contributed by atoms with van der Waals surface area (Å²) < 4.78 is 107. The highest BCUT2D eigenvalue weighted by Crippen LogP contribution is 2.32. The van der Waals surface area contributed by atoms with Crippen LogP contribution >= 0.6 is 0 Å². The number of aliphatic hydroxyl groups is 1. The van der Waals surface area contributed by atoms with Gasteiger partial charge in [0, 0.05) is 41.2 Å². The van der Waals surface area contributed by atoms with E-state index in [9.17, 15) is 14.7 Å². The standard InChI is InChI=1S/C30H53N3O6/c1-19(2)22(14-21-10-11-26(38-8)27(15-21)39-13-9-12-37-7)16-24(31)25(34)17-23(20(3)4)28(35)33-18-30(5,6)29(32)36/h10-11,15,19-20,22-25,34H,9,12-14,16-18,31H2,1-8H3,(H2,32,36)(H,33,35)/t22-,23-,24-,25-/m0/s1/i7D3,8D3,9D2,12D2,13D2. The molecule has 2 amide bonds. The van der Waals surface area contributed by atoms with Crippen LogP contribution in [0.2, 0.25) is 0 Å². The molecule has 1 aromatic rings. The molecule has 224 valence electrons. The van der Waals surface area contributed by atoms with Crippen molar-refractivity contribution in [3.8, 4) is 11.5 Å². The van der Waals surface area contributed by atoms with Gasteiger partial charge in [0.25, 0.3) is 0 Å². The molecule has 0 saturated heterocycles. The second kappa shape index (κ2) is 16.7.